The number of nitrogens with zero attached hydrogens (tertiary/aromatic N) is 2. The van der Waals surface area contributed by atoms with E-state index in [1.54, 1.807) is 6.07 Å². The lowest BCUT2D eigenvalue weighted by atomic mass is 10.0. The Morgan fingerprint density at radius 1 is 1.38 bits per heavy atom. The van der Waals surface area contributed by atoms with Crippen molar-refractivity contribution in [1.82, 2.24) is 9.47 Å². The molecular weight excluding hydrogens is 383 g/mol. The molecule has 24 heavy (non-hydrogen) atoms. The maximum atomic E-state index is 14.0. The summed E-state index contributed by atoms with van der Waals surface area (Å²) in [4.78, 5) is 24.8. The number of rotatable bonds is 2. The van der Waals surface area contributed by atoms with Gasteiger partial charge in [-0.15, -0.1) is 0 Å². The van der Waals surface area contributed by atoms with Crippen molar-refractivity contribution in [1.29, 1.82) is 0 Å². The van der Waals surface area contributed by atoms with E-state index in [1.807, 2.05) is 0 Å². The fourth-order valence-electron chi connectivity index (χ4n) is 2.84. The summed E-state index contributed by atoms with van der Waals surface area (Å²) < 4.78 is 20.9. The number of carboxylic acid groups (broad SMARTS) is 1. The number of amides is 1. The summed E-state index contributed by atoms with van der Waals surface area (Å²) in [5.74, 6) is -0.169. The summed E-state index contributed by atoms with van der Waals surface area (Å²) in [6.45, 7) is 0.458. The van der Waals surface area contributed by atoms with Gasteiger partial charge in [-0.05, 0) is 33.6 Å². The number of pyridine rings is 1. The maximum Gasteiger partial charge on any atom is 0.407 e. The van der Waals surface area contributed by atoms with E-state index in [9.17, 15) is 14.0 Å². The first-order chi connectivity index (χ1) is 11.4. The number of halogens is 2. The van der Waals surface area contributed by atoms with Crippen LogP contribution in [0.15, 0.2) is 33.5 Å². The van der Waals surface area contributed by atoms with Gasteiger partial charge in [0.05, 0.1) is 23.8 Å². The molecule has 3 rings (SSSR count). The van der Waals surface area contributed by atoms with Crippen LogP contribution in [-0.4, -0.2) is 34.3 Å². The van der Waals surface area contributed by atoms with Crippen LogP contribution in [-0.2, 0) is 13.0 Å². The molecule has 8 heteroatoms. The first-order valence-electron chi connectivity index (χ1n) is 7.17. The molecule has 0 spiro atoms. The SMILES string of the molecule is COc1cc(Br)c(F)cc1-n1c2c(ccc1=O)CN(C(=O)O)CC2. The van der Waals surface area contributed by atoms with E-state index in [0.29, 0.717) is 29.1 Å². The summed E-state index contributed by atoms with van der Waals surface area (Å²) in [6.07, 6.45) is -0.649. The Hall–Kier alpha value is -2.35. The zero-order valence-corrected chi connectivity index (χ0v) is 14.3. The molecule has 1 aliphatic heterocycles. The van der Waals surface area contributed by atoms with Gasteiger partial charge in [0.2, 0.25) is 0 Å². The Morgan fingerprint density at radius 3 is 2.79 bits per heavy atom. The molecular formula is C16H14BrFN2O4. The molecule has 0 aliphatic carbocycles. The molecule has 1 amide bonds. The third-order valence-electron chi connectivity index (χ3n) is 4.00. The first kappa shape index (κ1) is 16.5. The minimum atomic E-state index is -1.01. The van der Waals surface area contributed by atoms with Crippen LogP contribution < -0.4 is 10.3 Å². The number of hydrogen-bond donors (Lipinski definition) is 1. The van der Waals surface area contributed by atoms with Crippen molar-refractivity contribution in [3.8, 4) is 11.4 Å². The van der Waals surface area contributed by atoms with Crippen LogP contribution in [0.1, 0.15) is 11.3 Å². The van der Waals surface area contributed by atoms with Gasteiger partial charge in [-0.25, -0.2) is 9.18 Å². The van der Waals surface area contributed by atoms with Gasteiger partial charge in [-0.3, -0.25) is 9.36 Å². The van der Waals surface area contributed by atoms with Crippen LogP contribution in [0.5, 0.6) is 5.75 Å². The summed E-state index contributed by atoms with van der Waals surface area (Å²) in [6, 6.07) is 5.66. The molecule has 0 saturated carbocycles. The predicted molar refractivity (Wildman–Crippen MR) is 88.4 cm³/mol. The van der Waals surface area contributed by atoms with Crippen LogP contribution >= 0.6 is 15.9 Å². The number of ether oxygens (including phenoxy) is 1. The summed E-state index contributed by atoms with van der Waals surface area (Å²) in [7, 11) is 1.44. The minimum Gasteiger partial charge on any atom is -0.495 e. The second-order valence-electron chi connectivity index (χ2n) is 5.37. The van der Waals surface area contributed by atoms with E-state index in [2.05, 4.69) is 15.9 Å². The highest BCUT2D eigenvalue weighted by atomic mass is 79.9. The number of aromatic nitrogens is 1. The van der Waals surface area contributed by atoms with Gasteiger partial charge in [0.1, 0.15) is 11.6 Å². The lowest BCUT2D eigenvalue weighted by Gasteiger charge is -2.28. The molecule has 1 aromatic heterocycles. The lowest BCUT2D eigenvalue weighted by Crippen LogP contribution is -2.38. The molecule has 2 heterocycles. The number of fused-ring (bicyclic) bond motifs is 1. The molecule has 6 nitrogen and oxygen atoms in total. The molecule has 126 valence electrons. The van der Waals surface area contributed by atoms with Gasteiger partial charge in [-0.1, -0.05) is 0 Å². The van der Waals surface area contributed by atoms with E-state index in [1.165, 1.54) is 34.8 Å². The van der Waals surface area contributed by atoms with Crippen molar-refractivity contribution in [2.75, 3.05) is 13.7 Å². The second kappa shape index (κ2) is 6.27. The maximum absolute atomic E-state index is 14.0. The van der Waals surface area contributed by atoms with Crippen molar-refractivity contribution in [3.63, 3.8) is 0 Å². The smallest absolute Gasteiger partial charge is 0.407 e. The fraction of sp³-hybridized carbons (Fsp3) is 0.250. The van der Waals surface area contributed by atoms with Crippen LogP contribution in [0.3, 0.4) is 0 Å². The average molecular weight is 397 g/mol. The Labute approximate surface area is 145 Å². The van der Waals surface area contributed by atoms with Crippen molar-refractivity contribution >= 4 is 22.0 Å². The highest BCUT2D eigenvalue weighted by Gasteiger charge is 2.24. The average Bonchev–Trinajstić information content (AvgIpc) is 2.56. The van der Waals surface area contributed by atoms with Gasteiger partial charge < -0.3 is 14.7 Å². The molecule has 0 atom stereocenters. The summed E-state index contributed by atoms with van der Waals surface area (Å²) in [5.41, 5.74) is 1.36. The summed E-state index contributed by atoms with van der Waals surface area (Å²) >= 11 is 3.10. The van der Waals surface area contributed by atoms with Gasteiger partial charge in [0.25, 0.3) is 5.56 Å². The number of hydrogen-bond acceptors (Lipinski definition) is 3. The topological polar surface area (TPSA) is 71.8 Å². The largest absolute Gasteiger partial charge is 0.495 e. The molecule has 1 N–H and O–H groups in total. The van der Waals surface area contributed by atoms with E-state index < -0.39 is 11.9 Å². The Balaban J connectivity index is 2.20. The van der Waals surface area contributed by atoms with Crippen molar-refractivity contribution in [3.05, 3.63) is 56.2 Å². The van der Waals surface area contributed by atoms with Crippen molar-refractivity contribution < 1.29 is 19.0 Å². The Bertz CT molecular complexity index is 881. The van der Waals surface area contributed by atoms with E-state index in [-0.39, 0.29) is 23.1 Å². The quantitative estimate of drug-likeness (QED) is 0.846. The minimum absolute atomic E-state index is 0.187. The zero-order chi connectivity index (χ0) is 17.4. The lowest BCUT2D eigenvalue weighted by molar-refractivity contribution is 0.139. The van der Waals surface area contributed by atoms with Crippen LogP contribution in [0, 0.1) is 5.82 Å². The standard InChI is InChI=1S/C16H14BrFN2O4/c1-24-14-6-10(17)11(18)7-13(14)20-12-4-5-19(16(22)23)8-9(12)2-3-15(20)21/h2-3,6-7H,4-5,8H2,1H3,(H,22,23). The Morgan fingerprint density at radius 2 is 2.12 bits per heavy atom. The number of benzene rings is 1. The van der Waals surface area contributed by atoms with E-state index >= 15 is 0 Å². The van der Waals surface area contributed by atoms with Crippen LogP contribution in [0.2, 0.25) is 0 Å². The van der Waals surface area contributed by atoms with Crippen LogP contribution in [0.4, 0.5) is 9.18 Å². The van der Waals surface area contributed by atoms with Crippen LogP contribution in [0.25, 0.3) is 5.69 Å². The second-order valence-corrected chi connectivity index (χ2v) is 6.23. The van der Waals surface area contributed by atoms with Crippen molar-refractivity contribution in [2.24, 2.45) is 0 Å². The molecule has 0 radical (unpaired) electrons. The van der Waals surface area contributed by atoms with Gasteiger partial charge in [0, 0.05) is 30.8 Å². The third-order valence-corrected chi connectivity index (χ3v) is 4.61. The fourth-order valence-corrected chi connectivity index (χ4v) is 3.17. The van der Waals surface area contributed by atoms with E-state index in [4.69, 9.17) is 9.84 Å². The highest BCUT2D eigenvalue weighted by molar-refractivity contribution is 9.10. The monoisotopic (exact) mass is 396 g/mol. The van der Waals surface area contributed by atoms with Crippen molar-refractivity contribution in [2.45, 2.75) is 13.0 Å². The Kier molecular flexibility index (Phi) is 4.31. The first-order valence-corrected chi connectivity index (χ1v) is 7.96. The van der Waals surface area contributed by atoms with Gasteiger partial charge >= 0.3 is 6.09 Å². The molecule has 0 bridgehead atoms. The van der Waals surface area contributed by atoms with Gasteiger partial charge in [-0.2, -0.15) is 0 Å². The molecule has 1 aromatic carbocycles. The normalized spacial score (nSPS) is 13.5. The number of methoxy groups -OCH3 is 1. The molecule has 0 unspecified atom stereocenters. The van der Waals surface area contributed by atoms with E-state index in [0.717, 1.165) is 0 Å². The summed E-state index contributed by atoms with van der Waals surface area (Å²) in [5, 5.41) is 9.14. The molecule has 1 aliphatic rings. The predicted octanol–water partition coefficient (Wildman–Crippen LogP) is 2.78. The number of carbonyl (C=O) groups is 1. The molecule has 0 fully saturated rings. The van der Waals surface area contributed by atoms with Gasteiger partial charge in [0.15, 0.2) is 0 Å². The molecule has 2 aromatic rings. The highest BCUT2D eigenvalue weighted by Crippen LogP contribution is 2.31. The third kappa shape index (κ3) is 2.77. The molecule has 0 saturated heterocycles. The zero-order valence-electron chi connectivity index (χ0n) is 12.8.